The molecule has 12 rings (SSSR count). The van der Waals surface area contributed by atoms with Crippen molar-refractivity contribution in [3.8, 4) is 57.0 Å². The van der Waals surface area contributed by atoms with Crippen molar-refractivity contribution >= 4 is 46.4 Å². The van der Waals surface area contributed by atoms with Gasteiger partial charge in [-0.15, -0.1) is 0 Å². The Morgan fingerprint density at radius 2 is 1.12 bits per heavy atom. The molecule has 0 bridgehead atoms. The van der Waals surface area contributed by atoms with Gasteiger partial charge in [0.05, 0.1) is 82.4 Å². The van der Waals surface area contributed by atoms with Gasteiger partial charge in [-0.1, -0.05) is 99.1 Å². The maximum atomic E-state index is 13.7. The number of hydrogen-bond acceptors (Lipinski definition) is 17. The van der Waals surface area contributed by atoms with Crippen molar-refractivity contribution in [3.63, 3.8) is 0 Å². The number of aryl methyl sites for hydroxylation is 3. The number of nitriles is 1. The van der Waals surface area contributed by atoms with Gasteiger partial charge in [0.15, 0.2) is 0 Å². The molecule has 3 saturated heterocycles. The van der Waals surface area contributed by atoms with Crippen molar-refractivity contribution < 1.29 is 46.9 Å². The lowest BCUT2D eigenvalue weighted by molar-refractivity contribution is -0.138. The summed E-state index contributed by atoms with van der Waals surface area (Å²) in [7, 11) is 0. The normalized spacial score (nSPS) is 14.8. The number of aromatic nitrogens is 2. The van der Waals surface area contributed by atoms with E-state index in [1.54, 1.807) is 25.3 Å². The van der Waals surface area contributed by atoms with E-state index in [9.17, 15) is 37.9 Å². The minimum atomic E-state index is -4.61. The number of piperazine rings is 3. The van der Waals surface area contributed by atoms with Crippen molar-refractivity contribution in [3.05, 3.63) is 236 Å². The molecule has 0 radical (unpaired) electrons. The van der Waals surface area contributed by atoms with Crippen molar-refractivity contribution in [2.45, 2.75) is 120 Å². The van der Waals surface area contributed by atoms with Gasteiger partial charge < -0.3 is 70.8 Å². The average molecular weight is 1590 g/mol. The number of halogens is 4. The van der Waals surface area contributed by atoms with Gasteiger partial charge >= 0.3 is 6.18 Å². The molecule has 2 aromatic heterocycles. The standard InChI is InChI=1S/C31H38ClN3O3.C31H37N5O2.C28H32F3N5O2.CH4/c1-4-25-21-34(31(37)27-12-10-22(3)18-28(27)32)15-16-35(25)29-13-11-23(19-24(29)20-33-14-17-36)26-8-6-7-9-30(26)38-5-2;1-3-38-30-8-5-4-7-28(30)25-9-10-29(27(20-25)22-34-12-6-11-32)35-13-15-36(16-14-35)31(37)26-18-23(2)17-24(19-26)21-33;1-4-19-17-35(27(37)20-9-8-18(3)15-22(20)28(29,30)31)13-14-36(19)25-11-10-23(34-24(25)16-32)21-7-6-12-33-26(21)38-5-2;/h6-13,18-19,25,33,36H,4-5,14-17,20-21H2,1-3H3;4-5,7-10,17-20,34H,3,6,11-16,22,32H2,1-2H3;6-12,15,19H,4-5,13-14,16-17,32H2,1-3H3;1H4/t25-;;19-;/m1.1./s1. The Morgan fingerprint density at radius 3 is 1.69 bits per heavy atom. The first-order valence-corrected chi connectivity index (χ1v) is 39.9. The lowest BCUT2D eigenvalue weighted by Crippen LogP contribution is -2.55. The van der Waals surface area contributed by atoms with E-state index in [1.165, 1.54) is 28.3 Å². The zero-order valence-electron chi connectivity index (χ0n) is 66.7. The molecule has 0 spiro atoms. The fourth-order valence-corrected chi connectivity index (χ4v) is 15.2. The summed E-state index contributed by atoms with van der Waals surface area (Å²) in [5.74, 6) is 1.60. The van der Waals surface area contributed by atoms with Crippen LogP contribution in [-0.2, 0) is 25.8 Å². The summed E-state index contributed by atoms with van der Waals surface area (Å²) in [5.41, 5.74) is 26.7. The molecule has 7 aromatic carbocycles. The number of carbonyl (C=O) groups is 3. The van der Waals surface area contributed by atoms with Crippen LogP contribution < -0.4 is 51.0 Å². The Balaban J connectivity index is 0.000000196. The molecule has 2 atom stereocenters. The van der Waals surface area contributed by atoms with Gasteiger partial charge in [0.1, 0.15) is 11.5 Å². The number of amides is 3. The van der Waals surface area contributed by atoms with Gasteiger partial charge in [-0.3, -0.25) is 14.4 Å². The number of nitrogens with one attached hydrogen (secondary N) is 2. The van der Waals surface area contributed by atoms with Gasteiger partial charge in [0.25, 0.3) is 17.7 Å². The van der Waals surface area contributed by atoms with E-state index in [0.717, 1.165) is 119 Å². The van der Waals surface area contributed by atoms with Gasteiger partial charge in [0, 0.05) is 138 Å². The number of benzene rings is 7. The lowest BCUT2D eigenvalue weighted by atomic mass is 9.98. The van der Waals surface area contributed by atoms with Crippen molar-refractivity contribution in [2.24, 2.45) is 11.5 Å². The van der Waals surface area contributed by atoms with Gasteiger partial charge in [-0.2, -0.15) is 18.4 Å². The first-order chi connectivity index (χ1) is 55.2. The highest BCUT2D eigenvalue weighted by Gasteiger charge is 2.39. The highest BCUT2D eigenvalue weighted by atomic mass is 35.5. The summed E-state index contributed by atoms with van der Waals surface area (Å²) in [4.78, 5) is 61.1. The number of nitrogens with two attached hydrogens (primary N) is 2. The molecule has 5 heterocycles. The molecule has 20 nitrogen and oxygen atoms in total. The highest BCUT2D eigenvalue weighted by molar-refractivity contribution is 6.34. The molecule has 610 valence electrons. The Morgan fingerprint density at radius 1 is 0.583 bits per heavy atom. The van der Waals surface area contributed by atoms with Crippen molar-refractivity contribution in [1.82, 2.24) is 35.3 Å². The van der Waals surface area contributed by atoms with Crippen LogP contribution >= 0.6 is 11.6 Å². The minimum absolute atomic E-state index is 0. The van der Waals surface area contributed by atoms with Gasteiger partial charge in [-0.05, 0) is 210 Å². The number of para-hydroxylation sites is 2. The number of ether oxygens (including phenoxy) is 3. The number of hydrogen-bond donors (Lipinski definition) is 5. The van der Waals surface area contributed by atoms with Gasteiger partial charge in [0.2, 0.25) is 5.88 Å². The molecule has 24 heteroatoms. The third-order valence-corrected chi connectivity index (χ3v) is 20.9. The fourth-order valence-electron chi connectivity index (χ4n) is 14.9. The van der Waals surface area contributed by atoms with E-state index >= 15 is 0 Å². The molecule has 7 N–H and O–H groups in total. The summed E-state index contributed by atoms with van der Waals surface area (Å²) in [6.45, 7) is 26.7. The first kappa shape index (κ1) is 88.4. The van der Waals surface area contributed by atoms with Crippen LogP contribution in [0.2, 0.25) is 5.02 Å². The van der Waals surface area contributed by atoms with E-state index in [1.807, 2.05) is 136 Å². The predicted molar refractivity (Wildman–Crippen MR) is 455 cm³/mol. The minimum Gasteiger partial charge on any atom is -0.493 e. The van der Waals surface area contributed by atoms with E-state index in [2.05, 4.69) is 91.8 Å². The highest BCUT2D eigenvalue weighted by Crippen LogP contribution is 2.40. The number of carbonyl (C=O) groups excluding carboxylic acids is 3. The lowest BCUT2D eigenvalue weighted by Gasteiger charge is -2.43. The van der Waals surface area contributed by atoms with Crippen LogP contribution in [0.5, 0.6) is 17.4 Å². The number of aliphatic hydroxyl groups is 1. The summed E-state index contributed by atoms with van der Waals surface area (Å²) in [6, 6.07) is 54.0. The van der Waals surface area contributed by atoms with Crippen LogP contribution in [0, 0.1) is 32.1 Å². The van der Waals surface area contributed by atoms with Crippen LogP contribution in [0.25, 0.3) is 33.5 Å². The second-order valence-corrected chi connectivity index (χ2v) is 28.8. The van der Waals surface area contributed by atoms with Crippen LogP contribution in [0.4, 0.5) is 30.2 Å². The van der Waals surface area contributed by atoms with Crippen LogP contribution in [0.15, 0.2) is 170 Å². The number of aliphatic hydroxyl groups excluding tert-OH is 1. The second-order valence-electron chi connectivity index (χ2n) is 28.4. The molecule has 0 saturated carbocycles. The van der Waals surface area contributed by atoms with E-state index < -0.39 is 17.6 Å². The Labute approximate surface area is 681 Å². The molecule has 3 amide bonds. The smallest absolute Gasteiger partial charge is 0.417 e. The molecule has 115 heavy (non-hydrogen) atoms. The number of anilines is 3. The largest absolute Gasteiger partial charge is 0.493 e. The van der Waals surface area contributed by atoms with E-state index in [4.69, 9.17) is 42.3 Å². The zero-order chi connectivity index (χ0) is 81.4. The summed E-state index contributed by atoms with van der Waals surface area (Å²) >= 11 is 6.42. The number of alkyl halides is 3. The summed E-state index contributed by atoms with van der Waals surface area (Å²) < 4.78 is 58.5. The van der Waals surface area contributed by atoms with Gasteiger partial charge in [-0.25, -0.2) is 9.97 Å². The molecule has 0 unspecified atom stereocenters. The topological polar surface area (TPSA) is 244 Å². The molecular weight excluding hydrogens is 1480 g/mol. The fraction of sp³-hybridized carbons (Fsp3) is 0.385. The van der Waals surface area contributed by atoms with Crippen LogP contribution in [0.1, 0.15) is 137 Å². The Kier molecular flexibility index (Phi) is 32.8. The molecule has 9 aromatic rings. The van der Waals surface area contributed by atoms with Crippen molar-refractivity contribution in [1.29, 1.82) is 5.26 Å². The van der Waals surface area contributed by atoms with E-state index in [-0.39, 0.29) is 56.6 Å². The first-order valence-electron chi connectivity index (χ1n) is 39.5. The predicted octanol–water partition coefficient (Wildman–Crippen LogP) is 15.6. The molecule has 0 aliphatic carbocycles. The molecule has 3 aliphatic rings. The maximum Gasteiger partial charge on any atom is 0.417 e. The molecular formula is C91H111ClF3N13O7. The number of pyridine rings is 2. The molecule has 3 aliphatic heterocycles. The Hall–Kier alpha value is -10.6. The molecule has 3 fully saturated rings. The summed E-state index contributed by atoms with van der Waals surface area (Å²) in [6.07, 6.45) is -0.428. The Bertz CT molecular complexity index is 4780. The quantitative estimate of drug-likeness (QED) is 0.0300. The van der Waals surface area contributed by atoms with Crippen LogP contribution in [-0.4, -0.2) is 171 Å². The SMILES string of the molecule is C.CCOc1ccccc1-c1ccc(N2CCN(C(=O)c3cc(C)cc(C#N)c3)CC2)c(CNCCCN)c1.CCOc1ccccc1-c1ccc(N2CCN(C(=O)c3ccc(C)cc3Cl)C[C@H]2CC)c(CNCCO)c1.CCOc1ncccc1-c1ccc(N2CCN(C(=O)c3ccc(C)cc3C(F)(F)F)C[C@H]2CC)c(CN)n1. The third-order valence-electron chi connectivity index (χ3n) is 20.6. The zero-order valence-corrected chi connectivity index (χ0v) is 67.4. The summed E-state index contributed by atoms with van der Waals surface area (Å²) in [5, 5.41) is 26.0. The third kappa shape index (κ3) is 22.5. The maximum absolute atomic E-state index is 13.7. The second kappa shape index (κ2) is 42.7. The van der Waals surface area contributed by atoms with E-state index in [0.29, 0.717) is 130 Å². The van der Waals surface area contributed by atoms with Crippen LogP contribution in [0.3, 0.4) is 0 Å². The average Bonchev–Trinajstić information content (AvgIpc) is 0.788. The van der Waals surface area contributed by atoms with Crippen molar-refractivity contribution in [2.75, 3.05) is 126 Å². The number of rotatable bonds is 27. The monoisotopic (exact) mass is 1590 g/mol. The number of nitrogens with zero attached hydrogens (tertiary/aromatic N) is 9.